The number of ether oxygens (including phenoxy) is 1. The van der Waals surface area contributed by atoms with E-state index in [-0.39, 0.29) is 24.0 Å². The van der Waals surface area contributed by atoms with Crippen LogP contribution in [0.4, 0.5) is 11.4 Å². The van der Waals surface area contributed by atoms with Crippen LogP contribution in [0.5, 0.6) is 11.5 Å². The van der Waals surface area contributed by atoms with Gasteiger partial charge in [-0.15, -0.1) is 0 Å². The molecular weight excluding hydrogens is 332 g/mol. The third-order valence-electron chi connectivity index (χ3n) is 4.28. The molecule has 0 radical (unpaired) electrons. The Bertz CT molecular complexity index is 789. The van der Waals surface area contributed by atoms with Crippen LogP contribution in [0.3, 0.4) is 0 Å². The lowest BCUT2D eigenvalue weighted by Crippen LogP contribution is -2.28. The molecule has 2 amide bonds. The number of rotatable bonds is 6. The molecule has 0 aromatic heterocycles. The lowest BCUT2D eigenvalue weighted by molar-refractivity contribution is -0.122. The maximum absolute atomic E-state index is 12.4. The molecular formula is C20H22N2O4. The van der Waals surface area contributed by atoms with Crippen LogP contribution in [0, 0.1) is 5.92 Å². The third-order valence-corrected chi connectivity index (χ3v) is 4.28. The molecule has 0 aliphatic carbocycles. The number of nitrogens with zero attached hydrogens (tertiary/aromatic N) is 1. The first kappa shape index (κ1) is 17.8. The zero-order valence-corrected chi connectivity index (χ0v) is 14.6. The minimum Gasteiger partial charge on any atom is -0.506 e. The van der Waals surface area contributed by atoms with Gasteiger partial charge >= 0.3 is 0 Å². The molecule has 1 unspecified atom stereocenters. The van der Waals surface area contributed by atoms with E-state index < -0.39 is 5.92 Å². The Hall–Kier alpha value is -3.02. The fraction of sp³-hybridized carbons (Fsp3) is 0.300. The highest BCUT2D eigenvalue weighted by Crippen LogP contribution is 2.29. The molecule has 136 valence electrons. The van der Waals surface area contributed by atoms with Crippen molar-refractivity contribution in [2.75, 3.05) is 23.4 Å². The van der Waals surface area contributed by atoms with Crippen molar-refractivity contribution in [2.24, 2.45) is 5.92 Å². The predicted octanol–water partition coefficient (Wildman–Crippen LogP) is 3.17. The summed E-state index contributed by atoms with van der Waals surface area (Å²) >= 11 is 0. The number of benzene rings is 2. The van der Waals surface area contributed by atoms with Crippen LogP contribution in [-0.4, -0.2) is 30.1 Å². The molecule has 1 aliphatic heterocycles. The number of hydrogen-bond acceptors (Lipinski definition) is 4. The number of carbonyl (C=O) groups is 2. The van der Waals surface area contributed by atoms with Gasteiger partial charge in [-0.25, -0.2) is 0 Å². The second-order valence-electron chi connectivity index (χ2n) is 6.25. The van der Waals surface area contributed by atoms with E-state index in [2.05, 4.69) is 5.32 Å². The summed E-state index contributed by atoms with van der Waals surface area (Å²) in [6.07, 6.45) is 1.08. The van der Waals surface area contributed by atoms with E-state index in [1.165, 1.54) is 6.07 Å². The molecule has 3 rings (SSSR count). The van der Waals surface area contributed by atoms with Gasteiger partial charge in [0.1, 0.15) is 11.5 Å². The van der Waals surface area contributed by atoms with E-state index in [1.54, 1.807) is 23.1 Å². The summed E-state index contributed by atoms with van der Waals surface area (Å²) in [5.41, 5.74) is 1.09. The van der Waals surface area contributed by atoms with E-state index in [0.717, 1.165) is 17.9 Å². The van der Waals surface area contributed by atoms with E-state index in [1.807, 2.05) is 31.2 Å². The van der Waals surface area contributed by atoms with Crippen LogP contribution in [0.15, 0.2) is 48.5 Å². The Morgan fingerprint density at radius 1 is 1.23 bits per heavy atom. The zero-order chi connectivity index (χ0) is 18.5. The van der Waals surface area contributed by atoms with Gasteiger partial charge in [0.25, 0.3) is 0 Å². The minimum absolute atomic E-state index is 0.00435. The van der Waals surface area contributed by atoms with Gasteiger partial charge in [0.15, 0.2) is 0 Å². The van der Waals surface area contributed by atoms with E-state index in [9.17, 15) is 14.7 Å². The highest BCUT2D eigenvalue weighted by molar-refractivity contribution is 6.03. The van der Waals surface area contributed by atoms with Gasteiger partial charge in [-0.3, -0.25) is 9.59 Å². The number of phenols is 1. The molecule has 1 saturated heterocycles. The largest absolute Gasteiger partial charge is 0.506 e. The van der Waals surface area contributed by atoms with Gasteiger partial charge in [-0.1, -0.05) is 19.1 Å². The standard InChI is InChI=1S/C20H22N2O4/c1-2-11-26-16-9-7-15(8-10-16)22-13-14(12-19(22)24)20(25)21-17-5-3-4-6-18(17)23/h3-10,14,23H,2,11-13H2,1H3,(H,21,25). The van der Waals surface area contributed by atoms with Crippen LogP contribution in [0.2, 0.25) is 0 Å². The summed E-state index contributed by atoms with van der Waals surface area (Å²) in [6.45, 7) is 3.00. The second-order valence-corrected chi connectivity index (χ2v) is 6.25. The Morgan fingerprint density at radius 2 is 1.96 bits per heavy atom. The Kier molecular flexibility index (Phi) is 5.41. The summed E-state index contributed by atoms with van der Waals surface area (Å²) in [5.74, 6) is -0.0613. The summed E-state index contributed by atoms with van der Waals surface area (Å²) in [6, 6.07) is 13.8. The molecule has 0 spiro atoms. The molecule has 1 aliphatic rings. The van der Waals surface area contributed by atoms with Crippen molar-refractivity contribution in [1.82, 2.24) is 0 Å². The maximum Gasteiger partial charge on any atom is 0.229 e. The Morgan fingerprint density at radius 3 is 2.65 bits per heavy atom. The first-order valence-corrected chi connectivity index (χ1v) is 8.70. The number of nitrogens with one attached hydrogen (secondary N) is 1. The number of anilines is 2. The quantitative estimate of drug-likeness (QED) is 0.781. The highest BCUT2D eigenvalue weighted by atomic mass is 16.5. The van der Waals surface area contributed by atoms with Crippen LogP contribution in [0.1, 0.15) is 19.8 Å². The summed E-state index contributed by atoms with van der Waals surface area (Å²) in [7, 11) is 0. The van der Waals surface area contributed by atoms with Gasteiger partial charge in [-0.2, -0.15) is 0 Å². The van der Waals surface area contributed by atoms with Crippen molar-refractivity contribution in [3.63, 3.8) is 0 Å². The fourth-order valence-electron chi connectivity index (χ4n) is 2.89. The Labute approximate surface area is 152 Å². The molecule has 1 fully saturated rings. The highest BCUT2D eigenvalue weighted by Gasteiger charge is 2.35. The molecule has 2 N–H and O–H groups in total. The molecule has 26 heavy (non-hydrogen) atoms. The molecule has 2 aromatic rings. The Balaban J connectivity index is 1.64. The summed E-state index contributed by atoms with van der Waals surface area (Å²) in [5, 5.41) is 12.5. The third kappa shape index (κ3) is 3.96. The molecule has 0 bridgehead atoms. The average molecular weight is 354 g/mol. The van der Waals surface area contributed by atoms with Gasteiger partial charge in [-0.05, 0) is 42.8 Å². The number of amides is 2. The molecule has 2 aromatic carbocycles. The first-order chi connectivity index (χ1) is 12.6. The molecule has 0 saturated carbocycles. The second kappa shape index (κ2) is 7.91. The fourth-order valence-corrected chi connectivity index (χ4v) is 2.89. The van der Waals surface area contributed by atoms with Gasteiger partial charge in [0.05, 0.1) is 18.2 Å². The van der Waals surface area contributed by atoms with Crippen LogP contribution in [-0.2, 0) is 9.59 Å². The molecule has 1 atom stereocenters. The SMILES string of the molecule is CCCOc1ccc(N2CC(C(=O)Nc3ccccc3O)CC2=O)cc1. The van der Waals surface area contributed by atoms with Crippen molar-refractivity contribution < 1.29 is 19.4 Å². The number of para-hydroxylation sites is 2. The monoisotopic (exact) mass is 354 g/mol. The number of aromatic hydroxyl groups is 1. The number of phenolic OH excluding ortho intramolecular Hbond substituents is 1. The van der Waals surface area contributed by atoms with Gasteiger partial charge < -0.3 is 20.1 Å². The number of hydrogen-bond donors (Lipinski definition) is 2. The number of carbonyl (C=O) groups excluding carboxylic acids is 2. The van der Waals surface area contributed by atoms with Crippen LogP contribution in [0.25, 0.3) is 0 Å². The molecule has 6 nitrogen and oxygen atoms in total. The van der Waals surface area contributed by atoms with Crippen LogP contribution < -0.4 is 15.0 Å². The molecule has 6 heteroatoms. The smallest absolute Gasteiger partial charge is 0.229 e. The topological polar surface area (TPSA) is 78.9 Å². The van der Waals surface area contributed by atoms with Gasteiger partial charge in [0, 0.05) is 18.7 Å². The van der Waals surface area contributed by atoms with Crippen molar-refractivity contribution in [2.45, 2.75) is 19.8 Å². The predicted molar refractivity (Wildman–Crippen MR) is 99.4 cm³/mol. The normalized spacial score (nSPS) is 16.6. The summed E-state index contributed by atoms with van der Waals surface area (Å²) < 4.78 is 5.55. The van der Waals surface area contributed by atoms with E-state index >= 15 is 0 Å². The lowest BCUT2D eigenvalue weighted by atomic mass is 10.1. The van der Waals surface area contributed by atoms with E-state index in [4.69, 9.17) is 4.74 Å². The van der Waals surface area contributed by atoms with Crippen LogP contribution >= 0.6 is 0 Å². The first-order valence-electron chi connectivity index (χ1n) is 8.70. The molecule has 1 heterocycles. The van der Waals surface area contributed by atoms with Gasteiger partial charge in [0.2, 0.25) is 11.8 Å². The van der Waals surface area contributed by atoms with Crippen molar-refractivity contribution in [3.05, 3.63) is 48.5 Å². The van der Waals surface area contributed by atoms with Crippen molar-refractivity contribution in [1.29, 1.82) is 0 Å². The zero-order valence-electron chi connectivity index (χ0n) is 14.6. The summed E-state index contributed by atoms with van der Waals surface area (Å²) in [4.78, 5) is 26.4. The minimum atomic E-state index is -0.460. The van der Waals surface area contributed by atoms with E-state index in [0.29, 0.717) is 18.8 Å². The van der Waals surface area contributed by atoms with Crippen molar-refractivity contribution >= 4 is 23.2 Å². The lowest BCUT2D eigenvalue weighted by Gasteiger charge is -2.17. The average Bonchev–Trinajstić information content (AvgIpc) is 3.04. The maximum atomic E-state index is 12.4. The van der Waals surface area contributed by atoms with Crippen molar-refractivity contribution in [3.8, 4) is 11.5 Å².